The largest absolute Gasteiger partial charge is 0.296 e. The van der Waals surface area contributed by atoms with E-state index in [0.29, 0.717) is 0 Å². The number of carbonyl (C=O) groups excluding carboxylic acids is 1. The van der Waals surface area contributed by atoms with Gasteiger partial charge in [0.05, 0.1) is 0 Å². The summed E-state index contributed by atoms with van der Waals surface area (Å²) < 4.78 is 0. The Morgan fingerprint density at radius 2 is 1.83 bits per heavy atom. The van der Waals surface area contributed by atoms with Crippen LogP contribution in [0.2, 0.25) is 0 Å². The minimum atomic E-state index is -0.214. The zero-order valence-electron chi connectivity index (χ0n) is 6.37. The number of hydrogen-bond donors (Lipinski definition) is 1. The Balaban J connectivity index is 2.67. The van der Waals surface area contributed by atoms with Crippen LogP contribution in [0.15, 0.2) is 30.3 Å². The fourth-order valence-electron chi connectivity index (χ4n) is 1.25. The van der Waals surface area contributed by atoms with Gasteiger partial charge in [-0.1, -0.05) is 30.3 Å². The van der Waals surface area contributed by atoms with Crippen molar-refractivity contribution in [2.24, 2.45) is 0 Å². The molecule has 0 heterocycles. The molecule has 0 saturated carbocycles. The molecule has 1 aromatic rings. The second-order valence-electron chi connectivity index (χ2n) is 2.66. The third-order valence-corrected chi connectivity index (χ3v) is 1.89. The van der Waals surface area contributed by atoms with Crippen molar-refractivity contribution < 1.29 is 4.79 Å². The summed E-state index contributed by atoms with van der Waals surface area (Å²) in [7, 11) is 0. The van der Waals surface area contributed by atoms with Crippen LogP contribution in [0.25, 0.3) is 6.08 Å². The van der Waals surface area contributed by atoms with Crippen molar-refractivity contribution in [3.05, 3.63) is 41.5 Å². The molecule has 1 N–H and O–H groups in total. The van der Waals surface area contributed by atoms with E-state index in [1.165, 1.54) is 6.08 Å². The van der Waals surface area contributed by atoms with Gasteiger partial charge in [-0.2, -0.15) is 0 Å². The second kappa shape index (κ2) is 2.41. The third-order valence-electron chi connectivity index (χ3n) is 1.89. The molecule has 1 aliphatic carbocycles. The van der Waals surface area contributed by atoms with Gasteiger partial charge in [0.2, 0.25) is 5.78 Å². The monoisotopic (exact) mass is 157 g/mol. The molecule has 0 unspecified atom stereocenters. The summed E-state index contributed by atoms with van der Waals surface area (Å²) in [4.78, 5) is 11.0. The van der Waals surface area contributed by atoms with Crippen molar-refractivity contribution in [2.45, 2.75) is 0 Å². The summed E-state index contributed by atoms with van der Waals surface area (Å²) in [6.07, 6.45) is 3.18. The molecule has 0 amide bonds. The molecule has 58 valence electrons. The van der Waals surface area contributed by atoms with Gasteiger partial charge in [-0.15, -0.1) is 0 Å². The zero-order valence-corrected chi connectivity index (χ0v) is 6.37. The first-order chi connectivity index (χ1) is 5.79. The predicted molar refractivity (Wildman–Crippen MR) is 47.3 cm³/mol. The number of nitrogens with one attached hydrogen (secondary N) is 1. The average molecular weight is 157 g/mol. The Morgan fingerprint density at radius 1 is 1.08 bits per heavy atom. The molecular formula is C10H7NO. The first-order valence-corrected chi connectivity index (χ1v) is 3.69. The lowest BCUT2D eigenvalue weighted by Crippen LogP contribution is -2.15. The van der Waals surface area contributed by atoms with Crippen molar-refractivity contribution in [1.29, 1.82) is 5.41 Å². The van der Waals surface area contributed by atoms with Crippen molar-refractivity contribution in [2.75, 3.05) is 0 Å². The van der Waals surface area contributed by atoms with Crippen molar-refractivity contribution in [1.82, 2.24) is 0 Å². The van der Waals surface area contributed by atoms with Crippen LogP contribution in [-0.4, -0.2) is 11.5 Å². The molecule has 0 bridgehead atoms. The van der Waals surface area contributed by atoms with Gasteiger partial charge in [0.1, 0.15) is 5.71 Å². The molecule has 2 nitrogen and oxygen atoms in total. The van der Waals surface area contributed by atoms with Gasteiger partial charge < -0.3 is 0 Å². The van der Waals surface area contributed by atoms with Crippen LogP contribution >= 0.6 is 0 Å². The molecule has 12 heavy (non-hydrogen) atoms. The highest BCUT2D eigenvalue weighted by molar-refractivity contribution is 6.51. The van der Waals surface area contributed by atoms with Gasteiger partial charge in [-0.25, -0.2) is 0 Å². The van der Waals surface area contributed by atoms with Crippen molar-refractivity contribution in [3.8, 4) is 0 Å². The van der Waals surface area contributed by atoms with E-state index in [1.54, 1.807) is 12.1 Å². The van der Waals surface area contributed by atoms with Crippen LogP contribution < -0.4 is 0 Å². The van der Waals surface area contributed by atoms with Gasteiger partial charge in [0, 0.05) is 5.56 Å². The summed E-state index contributed by atoms with van der Waals surface area (Å²) >= 11 is 0. The lowest BCUT2D eigenvalue weighted by atomic mass is 9.95. The van der Waals surface area contributed by atoms with Gasteiger partial charge in [0.25, 0.3) is 0 Å². The number of fused-ring (bicyclic) bond motifs is 1. The number of hydrogen-bond acceptors (Lipinski definition) is 2. The highest BCUT2D eigenvalue weighted by Crippen LogP contribution is 2.16. The minimum absolute atomic E-state index is 0.0908. The molecule has 0 radical (unpaired) electrons. The second-order valence-corrected chi connectivity index (χ2v) is 2.66. The van der Waals surface area contributed by atoms with E-state index in [4.69, 9.17) is 5.41 Å². The fourth-order valence-corrected chi connectivity index (χ4v) is 1.25. The summed E-state index contributed by atoms with van der Waals surface area (Å²) in [5.41, 5.74) is 1.76. The molecule has 2 heteroatoms. The molecule has 1 aromatic carbocycles. The molecule has 0 atom stereocenters. The van der Waals surface area contributed by atoms with E-state index < -0.39 is 0 Å². The quantitative estimate of drug-likeness (QED) is 0.611. The minimum Gasteiger partial charge on any atom is -0.296 e. The molecule has 0 aliphatic heterocycles. The predicted octanol–water partition coefficient (Wildman–Crippen LogP) is 1.65. The van der Waals surface area contributed by atoms with E-state index >= 15 is 0 Å². The average Bonchev–Trinajstić information content (AvgIpc) is 2.12. The van der Waals surface area contributed by atoms with Gasteiger partial charge in [0.15, 0.2) is 0 Å². The van der Waals surface area contributed by atoms with Crippen LogP contribution in [0.5, 0.6) is 0 Å². The van der Waals surface area contributed by atoms with E-state index in [-0.39, 0.29) is 11.5 Å². The number of benzene rings is 1. The summed E-state index contributed by atoms with van der Waals surface area (Å²) in [5, 5.41) is 7.48. The van der Waals surface area contributed by atoms with Crippen LogP contribution in [0, 0.1) is 5.41 Å². The molecule has 0 saturated heterocycles. The molecule has 1 aliphatic rings. The summed E-state index contributed by atoms with van der Waals surface area (Å²) in [6.45, 7) is 0. The van der Waals surface area contributed by atoms with Gasteiger partial charge in [-0.3, -0.25) is 10.2 Å². The van der Waals surface area contributed by atoms with Gasteiger partial charge >= 0.3 is 0 Å². The molecule has 0 aromatic heterocycles. The number of ketones is 1. The standard InChI is InChI=1S/C10H7NO/c11-10-8-4-2-1-3-7(8)5-6-9(10)12/h1-6,11H. The highest BCUT2D eigenvalue weighted by atomic mass is 16.1. The highest BCUT2D eigenvalue weighted by Gasteiger charge is 2.15. The fraction of sp³-hybridized carbons (Fsp3) is 0. The van der Waals surface area contributed by atoms with Crippen molar-refractivity contribution >= 4 is 17.6 Å². The van der Waals surface area contributed by atoms with E-state index in [1.807, 2.05) is 18.2 Å². The Bertz CT molecular complexity index is 391. The summed E-state index contributed by atoms with van der Waals surface area (Å²) in [5.74, 6) is -0.214. The number of carbonyl (C=O) groups is 1. The molecule has 0 spiro atoms. The molecule has 2 rings (SSSR count). The normalized spacial score (nSPS) is 14.7. The lowest BCUT2D eigenvalue weighted by Gasteiger charge is -2.08. The van der Waals surface area contributed by atoms with E-state index in [0.717, 1.165) is 11.1 Å². The number of allylic oxidation sites excluding steroid dienone is 1. The Hall–Kier alpha value is -1.70. The molecule has 0 fully saturated rings. The Kier molecular flexibility index (Phi) is 1.40. The van der Waals surface area contributed by atoms with Crippen LogP contribution in [-0.2, 0) is 4.79 Å². The zero-order chi connectivity index (χ0) is 8.55. The van der Waals surface area contributed by atoms with Crippen LogP contribution in [0.4, 0.5) is 0 Å². The Morgan fingerprint density at radius 3 is 2.67 bits per heavy atom. The summed E-state index contributed by atoms with van der Waals surface area (Å²) in [6, 6.07) is 7.41. The first kappa shape index (κ1) is 6.98. The Labute approximate surface area is 70.0 Å². The van der Waals surface area contributed by atoms with Crippen molar-refractivity contribution in [3.63, 3.8) is 0 Å². The number of rotatable bonds is 0. The smallest absolute Gasteiger partial charge is 0.204 e. The van der Waals surface area contributed by atoms with Crippen LogP contribution in [0.1, 0.15) is 11.1 Å². The topological polar surface area (TPSA) is 40.9 Å². The maximum Gasteiger partial charge on any atom is 0.204 e. The van der Waals surface area contributed by atoms with Gasteiger partial charge in [-0.05, 0) is 11.6 Å². The maximum absolute atomic E-state index is 11.0. The van der Waals surface area contributed by atoms with Crippen LogP contribution in [0.3, 0.4) is 0 Å². The first-order valence-electron chi connectivity index (χ1n) is 3.69. The third kappa shape index (κ3) is 0.889. The lowest BCUT2D eigenvalue weighted by molar-refractivity contribution is -0.108. The van der Waals surface area contributed by atoms with E-state index in [2.05, 4.69) is 0 Å². The van der Waals surface area contributed by atoms with E-state index in [9.17, 15) is 4.79 Å². The SMILES string of the molecule is N=C1C(=O)C=Cc2ccccc21. The molecular weight excluding hydrogens is 150 g/mol. The maximum atomic E-state index is 11.0.